The van der Waals surface area contributed by atoms with Crippen molar-refractivity contribution in [3.8, 4) is 0 Å². The highest BCUT2D eigenvalue weighted by atomic mass is 79.9. The largest absolute Gasteiger partial charge is 0.392 e. The van der Waals surface area contributed by atoms with Crippen LogP contribution in [0.15, 0.2) is 46.9 Å². The Labute approximate surface area is 122 Å². The van der Waals surface area contributed by atoms with Crippen LogP contribution in [-0.2, 0) is 13.2 Å². The van der Waals surface area contributed by atoms with Gasteiger partial charge in [-0.1, -0.05) is 51.8 Å². The summed E-state index contributed by atoms with van der Waals surface area (Å²) in [6.07, 6.45) is 0. The summed E-state index contributed by atoms with van der Waals surface area (Å²) < 4.78 is 1.11. The van der Waals surface area contributed by atoms with Gasteiger partial charge in [0.05, 0.1) is 6.61 Å². The maximum Gasteiger partial charge on any atom is 0.0702 e. The summed E-state index contributed by atoms with van der Waals surface area (Å²) in [4.78, 5) is 2.16. The molecule has 0 radical (unpaired) electrons. The molecule has 0 atom stereocenters. The summed E-state index contributed by atoms with van der Waals surface area (Å²) in [5, 5.41) is 9.48. The van der Waals surface area contributed by atoms with Gasteiger partial charge in [-0.2, -0.15) is 0 Å². The highest BCUT2D eigenvalue weighted by molar-refractivity contribution is 9.10. The standard InChI is InChI=1S/C16H18BrNO/c1-12-7-8-16(14(9-12)11-19)18(2)10-13-5-3-4-6-15(13)17/h3-9,19H,10-11H2,1-2H3. The van der Waals surface area contributed by atoms with Gasteiger partial charge in [-0.15, -0.1) is 0 Å². The Morgan fingerprint density at radius 2 is 1.84 bits per heavy atom. The van der Waals surface area contributed by atoms with Crippen LogP contribution in [0.3, 0.4) is 0 Å². The minimum absolute atomic E-state index is 0.0668. The topological polar surface area (TPSA) is 23.5 Å². The van der Waals surface area contributed by atoms with E-state index in [0.717, 1.165) is 22.3 Å². The van der Waals surface area contributed by atoms with Crippen LogP contribution in [0.1, 0.15) is 16.7 Å². The molecule has 0 amide bonds. The van der Waals surface area contributed by atoms with Crippen molar-refractivity contribution in [2.45, 2.75) is 20.1 Å². The molecule has 100 valence electrons. The molecule has 0 saturated heterocycles. The van der Waals surface area contributed by atoms with E-state index in [1.54, 1.807) is 0 Å². The summed E-state index contributed by atoms with van der Waals surface area (Å²) in [6, 6.07) is 14.4. The van der Waals surface area contributed by atoms with Crippen molar-refractivity contribution in [1.82, 2.24) is 0 Å². The Balaban J connectivity index is 2.25. The molecule has 0 heterocycles. The average Bonchev–Trinajstić information content (AvgIpc) is 2.41. The lowest BCUT2D eigenvalue weighted by Crippen LogP contribution is -2.18. The fourth-order valence-corrected chi connectivity index (χ4v) is 2.59. The maximum absolute atomic E-state index is 9.48. The molecule has 2 rings (SSSR count). The molecule has 0 unspecified atom stereocenters. The summed E-state index contributed by atoms with van der Waals surface area (Å²) in [5.41, 5.74) is 4.44. The number of benzene rings is 2. The van der Waals surface area contributed by atoms with Crippen molar-refractivity contribution < 1.29 is 5.11 Å². The van der Waals surface area contributed by atoms with Gasteiger partial charge in [-0.05, 0) is 24.6 Å². The zero-order chi connectivity index (χ0) is 13.8. The molecule has 2 aromatic carbocycles. The molecule has 2 nitrogen and oxygen atoms in total. The average molecular weight is 320 g/mol. The molecular weight excluding hydrogens is 302 g/mol. The second kappa shape index (κ2) is 6.22. The fourth-order valence-electron chi connectivity index (χ4n) is 2.18. The molecule has 1 N–H and O–H groups in total. The normalized spacial score (nSPS) is 10.5. The van der Waals surface area contributed by atoms with Gasteiger partial charge < -0.3 is 10.0 Å². The molecular formula is C16H18BrNO. The predicted octanol–water partition coefficient (Wildman–Crippen LogP) is 3.89. The number of aliphatic hydroxyl groups excluding tert-OH is 1. The highest BCUT2D eigenvalue weighted by Crippen LogP contribution is 2.25. The molecule has 0 aromatic heterocycles. The van der Waals surface area contributed by atoms with Crippen molar-refractivity contribution in [3.63, 3.8) is 0 Å². The van der Waals surface area contributed by atoms with Gasteiger partial charge >= 0.3 is 0 Å². The zero-order valence-electron chi connectivity index (χ0n) is 11.2. The zero-order valence-corrected chi connectivity index (χ0v) is 12.8. The summed E-state index contributed by atoms with van der Waals surface area (Å²) in [7, 11) is 2.04. The van der Waals surface area contributed by atoms with E-state index in [2.05, 4.69) is 39.0 Å². The number of hydrogen-bond donors (Lipinski definition) is 1. The molecule has 3 heteroatoms. The first-order valence-corrected chi connectivity index (χ1v) is 7.06. The fraction of sp³-hybridized carbons (Fsp3) is 0.250. The van der Waals surface area contributed by atoms with Crippen LogP contribution in [0.2, 0.25) is 0 Å². The molecule has 0 aliphatic rings. The third-order valence-electron chi connectivity index (χ3n) is 3.18. The number of aliphatic hydroxyl groups is 1. The van der Waals surface area contributed by atoms with E-state index in [9.17, 15) is 5.11 Å². The molecule has 0 spiro atoms. The molecule has 2 aromatic rings. The van der Waals surface area contributed by atoms with Gasteiger partial charge in [0.25, 0.3) is 0 Å². The van der Waals surface area contributed by atoms with Crippen molar-refractivity contribution >= 4 is 21.6 Å². The van der Waals surface area contributed by atoms with Crippen molar-refractivity contribution in [2.75, 3.05) is 11.9 Å². The quantitative estimate of drug-likeness (QED) is 0.924. The number of aryl methyl sites for hydroxylation is 1. The Morgan fingerprint density at radius 3 is 2.53 bits per heavy atom. The van der Waals surface area contributed by atoms with E-state index in [0.29, 0.717) is 0 Å². The molecule has 0 saturated carbocycles. The second-order valence-electron chi connectivity index (χ2n) is 4.74. The Morgan fingerprint density at radius 1 is 1.11 bits per heavy atom. The highest BCUT2D eigenvalue weighted by Gasteiger charge is 2.09. The van der Waals surface area contributed by atoms with Gasteiger partial charge in [0.15, 0.2) is 0 Å². The van der Waals surface area contributed by atoms with Gasteiger partial charge in [-0.3, -0.25) is 0 Å². The van der Waals surface area contributed by atoms with E-state index in [1.807, 2.05) is 38.2 Å². The third kappa shape index (κ3) is 3.37. The van der Waals surface area contributed by atoms with Crippen molar-refractivity contribution in [1.29, 1.82) is 0 Å². The van der Waals surface area contributed by atoms with Crippen LogP contribution >= 0.6 is 15.9 Å². The second-order valence-corrected chi connectivity index (χ2v) is 5.59. The van der Waals surface area contributed by atoms with Crippen LogP contribution in [0.5, 0.6) is 0 Å². The maximum atomic E-state index is 9.48. The molecule has 0 aliphatic carbocycles. The first-order chi connectivity index (χ1) is 9.11. The van der Waals surface area contributed by atoms with Crippen LogP contribution in [0.25, 0.3) is 0 Å². The third-order valence-corrected chi connectivity index (χ3v) is 3.96. The van der Waals surface area contributed by atoms with Gasteiger partial charge in [0, 0.05) is 29.3 Å². The van der Waals surface area contributed by atoms with Gasteiger partial charge in [0.2, 0.25) is 0 Å². The Kier molecular flexibility index (Phi) is 4.61. The molecule has 0 bridgehead atoms. The van der Waals surface area contributed by atoms with Crippen molar-refractivity contribution in [3.05, 3.63) is 63.6 Å². The van der Waals surface area contributed by atoms with E-state index < -0.39 is 0 Å². The monoisotopic (exact) mass is 319 g/mol. The first-order valence-electron chi connectivity index (χ1n) is 6.26. The number of anilines is 1. The van der Waals surface area contributed by atoms with E-state index in [1.165, 1.54) is 11.1 Å². The molecule has 0 fully saturated rings. The summed E-state index contributed by atoms with van der Waals surface area (Å²) in [6.45, 7) is 2.91. The van der Waals surface area contributed by atoms with Crippen molar-refractivity contribution in [2.24, 2.45) is 0 Å². The lowest BCUT2D eigenvalue weighted by atomic mass is 10.1. The lowest BCUT2D eigenvalue weighted by Gasteiger charge is -2.23. The SMILES string of the molecule is Cc1ccc(N(C)Cc2ccccc2Br)c(CO)c1. The molecule has 19 heavy (non-hydrogen) atoms. The van der Waals surface area contributed by atoms with E-state index >= 15 is 0 Å². The minimum Gasteiger partial charge on any atom is -0.392 e. The summed E-state index contributed by atoms with van der Waals surface area (Å²) in [5.74, 6) is 0. The first kappa shape index (κ1) is 14.1. The number of hydrogen-bond acceptors (Lipinski definition) is 2. The number of nitrogens with zero attached hydrogens (tertiary/aromatic N) is 1. The number of halogens is 1. The molecule has 0 aliphatic heterocycles. The van der Waals surface area contributed by atoms with Crippen LogP contribution in [0.4, 0.5) is 5.69 Å². The Hall–Kier alpha value is -1.32. The van der Waals surface area contributed by atoms with Crippen LogP contribution < -0.4 is 4.90 Å². The smallest absolute Gasteiger partial charge is 0.0702 e. The lowest BCUT2D eigenvalue weighted by molar-refractivity contribution is 0.282. The number of rotatable bonds is 4. The summed E-state index contributed by atoms with van der Waals surface area (Å²) >= 11 is 3.57. The van der Waals surface area contributed by atoms with E-state index in [4.69, 9.17) is 0 Å². The van der Waals surface area contributed by atoms with Crippen LogP contribution in [0, 0.1) is 6.92 Å². The predicted molar refractivity (Wildman–Crippen MR) is 83.4 cm³/mol. The van der Waals surface area contributed by atoms with Gasteiger partial charge in [0.1, 0.15) is 0 Å². The Bertz CT molecular complexity index is 568. The van der Waals surface area contributed by atoms with Gasteiger partial charge in [-0.25, -0.2) is 0 Å². The van der Waals surface area contributed by atoms with E-state index in [-0.39, 0.29) is 6.61 Å². The van der Waals surface area contributed by atoms with Crippen LogP contribution in [-0.4, -0.2) is 12.2 Å². The minimum atomic E-state index is 0.0668.